The van der Waals surface area contributed by atoms with Crippen molar-refractivity contribution in [2.75, 3.05) is 27.3 Å². The first-order chi connectivity index (χ1) is 11.3. The molecule has 0 radical (unpaired) electrons. The quantitative estimate of drug-likeness (QED) is 0.639. The number of rotatable bonds is 8. The van der Waals surface area contributed by atoms with Crippen molar-refractivity contribution < 1.29 is 24.0 Å². The van der Waals surface area contributed by atoms with Crippen molar-refractivity contribution >= 4 is 11.9 Å². The molecular formula is C17H28N3O4+. The van der Waals surface area contributed by atoms with Gasteiger partial charge in [0.25, 0.3) is 5.91 Å². The van der Waals surface area contributed by atoms with E-state index in [1.54, 1.807) is 7.11 Å². The van der Waals surface area contributed by atoms with Crippen LogP contribution in [0.2, 0.25) is 0 Å². The van der Waals surface area contributed by atoms with Gasteiger partial charge < -0.3 is 19.7 Å². The highest BCUT2D eigenvalue weighted by atomic mass is 16.5. The lowest BCUT2D eigenvalue weighted by atomic mass is 10.2. The van der Waals surface area contributed by atoms with E-state index in [1.807, 2.05) is 46.0 Å². The van der Waals surface area contributed by atoms with E-state index < -0.39 is 6.03 Å². The molecule has 0 aromatic heterocycles. The normalized spacial score (nSPS) is 11.8. The van der Waals surface area contributed by atoms with Gasteiger partial charge >= 0.3 is 6.03 Å². The highest BCUT2D eigenvalue weighted by Crippen LogP contribution is 2.27. The Kier molecular flexibility index (Phi) is 8.05. The molecule has 134 valence electrons. The third-order valence-corrected chi connectivity index (χ3v) is 3.17. The Bertz CT molecular complexity index is 561. The molecule has 7 heteroatoms. The number of hydrogen-bond acceptors (Lipinski definition) is 4. The van der Waals surface area contributed by atoms with Crippen LogP contribution in [0.25, 0.3) is 0 Å². The molecule has 24 heavy (non-hydrogen) atoms. The number of nitrogens with one attached hydrogen (secondary N) is 3. The van der Waals surface area contributed by atoms with Crippen LogP contribution in [0.1, 0.15) is 26.3 Å². The minimum Gasteiger partial charge on any atom is -0.493 e. The summed E-state index contributed by atoms with van der Waals surface area (Å²) in [4.78, 5) is 24.3. The lowest BCUT2D eigenvalue weighted by Gasteiger charge is -2.16. The van der Waals surface area contributed by atoms with Crippen molar-refractivity contribution in [3.63, 3.8) is 0 Å². The molecule has 0 aliphatic carbocycles. The standard InChI is InChI=1S/C17H27N3O4/c1-6-24-14-8-7-13(9-15(14)23-5)10-20(4)11-16(21)19-17(22)18-12(2)3/h7-9,12H,6,10-11H2,1-5H3,(H2,18,19,21,22)/p+1. The highest BCUT2D eigenvalue weighted by molar-refractivity contribution is 5.94. The van der Waals surface area contributed by atoms with Crippen molar-refractivity contribution in [1.82, 2.24) is 10.6 Å². The molecule has 1 rings (SSSR count). The fourth-order valence-electron chi connectivity index (χ4n) is 2.25. The Hall–Kier alpha value is -2.28. The third-order valence-electron chi connectivity index (χ3n) is 3.17. The van der Waals surface area contributed by atoms with Crippen molar-refractivity contribution in [3.05, 3.63) is 23.8 Å². The summed E-state index contributed by atoms with van der Waals surface area (Å²) in [6.45, 7) is 6.98. The summed E-state index contributed by atoms with van der Waals surface area (Å²) in [6.07, 6.45) is 0. The van der Waals surface area contributed by atoms with Crippen molar-refractivity contribution in [2.45, 2.75) is 33.4 Å². The number of hydrogen-bond donors (Lipinski definition) is 3. The predicted octanol–water partition coefficient (Wildman–Crippen LogP) is 0.343. The van der Waals surface area contributed by atoms with Crippen molar-refractivity contribution in [2.24, 2.45) is 0 Å². The topological polar surface area (TPSA) is 81.1 Å². The molecule has 1 aromatic carbocycles. The van der Waals surface area contributed by atoms with E-state index >= 15 is 0 Å². The average molecular weight is 338 g/mol. The van der Waals surface area contributed by atoms with Gasteiger partial charge in [0, 0.05) is 11.6 Å². The van der Waals surface area contributed by atoms with Crippen LogP contribution in [-0.2, 0) is 11.3 Å². The molecule has 0 saturated carbocycles. The van der Waals surface area contributed by atoms with Crippen LogP contribution >= 0.6 is 0 Å². The van der Waals surface area contributed by atoms with Gasteiger partial charge in [-0.3, -0.25) is 10.1 Å². The van der Waals surface area contributed by atoms with Gasteiger partial charge in [-0.25, -0.2) is 4.79 Å². The molecular weight excluding hydrogens is 310 g/mol. The number of urea groups is 1. The SMILES string of the molecule is CCOc1ccc(C[NH+](C)CC(=O)NC(=O)NC(C)C)cc1OC. The second-order valence-electron chi connectivity index (χ2n) is 5.91. The number of carbonyl (C=O) groups is 2. The van der Waals surface area contributed by atoms with Crippen molar-refractivity contribution in [3.8, 4) is 11.5 Å². The first-order valence-corrected chi connectivity index (χ1v) is 8.07. The van der Waals surface area contributed by atoms with Crippen molar-refractivity contribution in [1.29, 1.82) is 0 Å². The lowest BCUT2D eigenvalue weighted by molar-refractivity contribution is -0.885. The molecule has 0 aliphatic heterocycles. The zero-order valence-electron chi connectivity index (χ0n) is 15.1. The minimum absolute atomic E-state index is 0.0146. The van der Waals surface area contributed by atoms with Crippen LogP contribution in [-0.4, -0.2) is 45.3 Å². The van der Waals surface area contributed by atoms with Gasteiger partial charge in [0.15, 0.2) is 18.0 Å². The summed E-state index contributed by atoms with van der Waals surface area (Å²) in [5, 5.41) is 4.94. The van der Waals surface area contributed by atoms with Gasteiger partial charge in [-0.1, -0.05) is 0 Å². The van der Waals surface area contributed by atoms with E-state index in [9.17, 15) is 9.59 Å². The summed E-state index contributed by atoms with van der Waals surface area (Å²) in [5.41, 5.74) is 1.02. The zero-order chi connectivity index (χ0) is 18.1. The first-order valence-electron chi connectivity index (χ1n) is 8.07. The van der Waals surface area contributed by atoms with E-state index in [1.165, 1.54) is 0 Å². The van der Waals surface area contributed by atoms with Crippen LogP contribution in [0.4, 0.5) is 4.79 Å². The van der Waals surface area contributed by atoms with E-state index in [2.05, 4.69) is 10.6 Å². The van der Waals surface area contributed by atoms with E-state index in [-0.39, 0.29) is 18.5 Å². The third kappa shape index (κ3) is 6.87. The maximum atomic E-state index is 11.9. The average Bonchev–Trinajstić information content (AvgIpc) is 2.47. The smallest absolute Gasteiger partial charge is 0.321 e. The minimum atomic E-state index is -0.467. The Balaban J connectivity index is 2.56. The molecule has 0 aliphatic rings. The maximum absolute atomic E-state index is 11.9. The second kappa shape index (κ2) is 9.77. The van der Waals surface area contributed by atoms with E-state index in [0.717, 1.165) is 10.5 Å². The van der Waals surface area contributed by atoms with Gasteiger partial charge in [0.1, 0.15) is 6.54 Å². The second-order valence-corrected chi connectivity index (χ2v) is 5.91. The van der Waals surface area contributed by atoms with Gasteiger partial charge in [-0.2, -0.15) is 0 Å². The number of imide groups is 1. The molecule has 1 atom stereocenters. The Morgan fingerprint density at radius 2 is 1.96 bits per heavy atom. The number of methoxy groups -OCH3 is 1. The van der Waals surface area contributed by atoms with Crippen LogP contribution in [0, 0.1) is 0 Å². The molecule has 3 amide bonds. The first kappa shape index (κ1) is 19.8. The summed E-state index contributed by atoms with van der Waals surface area (Å²) in [5.74, 6) is 1.05. The molecule has 0 fully saturated rings. The molecule has 1 aromatic rings. The van der Waals surface area contributed by atoms with Crippen LogP contribution < -0.4 is 25.0 Å². The number of benzene rings is 1. The van der Waals surface area contributed by atoms with Crippen LogP contribution in [0.5, 0.6) is 11.5 Å². The number of amides is 3. The monoisotopic (exact) mass is 338 g/mol. The van der Waals surface area contributed by atoms with Gasteiger partial charge in [0.05, 0.1) is 20.8 Å². The lowest BCUT2D eigenvalue weighted by Crippen LogP contribution is -3.09. The summed E-state index contributed by atoms with van der Waals surface area (Å²) in [6, 6.07) is 5.23. The highest BCUT2D eigenvalue weighted by Gasteiger charge is 2.15. The summed E-state index contributed by atoms with van der Waals surface area (Å²) < 4.78 is 10.8. The Morgan fingerprint density at radius 3 is 2.54 bits per heavy atom. The van der Waals surface area contributed by atoms with Crippen LogP contribution in [0.15, 0.2) is 18.2 Å². The van der Waals surface area contributed by atoms with Crippen LogP contribution in [0.3, 0.4) is 0 Å². The Labute approximate surface area is 143 Å². The molecule has 0 bridgehead atoms. The molecule has 0 saturated heterocycles. The number of carbonyl (C=O) groups excluding carboxylic acids is 2. The fraction of sp³-hybridized carbons (Fsp3) is 0.529. The van der Waals surface area contributed by atoms with Gasteiger partial charge in [-0.15, -0.1) is 0 Å². The number of ether oxygens (including phenoxy) is 2. The molecule has 0 heterocycles. The summed E-state index contributed by atoms with van der Waals surface area (Å²) >= 11 is 0. The number of likely N-dealkylation sites (N-methyl/N-ethyl adjacent to an activating group) is 1. The molecule has 0 spiro atoms. The summed E-state index contributed by atoms with van der Waals surface area (Å²) in [7, 11) is 3.49. The maximum Gasteiger partial charge on any atom is 0.321 e. The zero-order valence-corrected chi connectivity index (χ0v) is 15.1. The van der Waals surface area contributed by atoms with E-state index in [4.69, 9.17) is 9.47 Å². The molecule has 1 unspecified atom stereocenters. The number of quaternary nitrogens is 1. The van der Waals surface area contributed by atoms with Gasteiger partial charge in [0.2, 0.25) is 0 Å². The fourth-order valence-corrected chi connectivity index (χ4v) is 2.25. The Morgan fingerprint density at radius 1 is 1.25 bits per heavy atom. The predicted molar refractivity (Wildman–Crippen MR) is 91.4 cm³/mol. The van der Waals surface area contributed by atoms with Gasteiger partial charge in [-0.05, 0) is 39.0 Å². The largest absolute Gasteiger partial charge is 0.493 e. The molecule has 7 nitrogen and oxygen atoms in total. The van der Waals surface area contributed by atoms with E-state index in [0.29, 0.717) is 24.7 Å². The molecule has 3 N–H and O–H groups in total.